The molecule has 0 aromatic heterocycles. The van der Waals surface area contributed by atoms with E-state index in [0.29, 0.717) is 12.4 Å². The fourth-order valence-electron chi connectivity index (χ4n) is 4.17. The highest BCUT2D eigenvalue weighted by molar-refractivity contribution is 5.95. The van der Waals surface area contributed by atoms with Gasteiger partial charge in [-0.05, 0) is 78.5 Å². The molecule has 0 radical (unpaired) electrons. The van der Waals surface area contributed by atoms with Gasteiger partial charge in [-0.15, -0.1) is 12.4 Å². The highest BCUT2D eigenvalue weighted by Gasteiger charge is 2.12. The van der Waals surface area contributed by atoms with Crippen LogP contribution in [0.4, 0.5) is 0 Å². The van der Waals surface area contributed by atoms with E-state index in [1.54, 1.807) is 24.3 Å². The van der Waals surface area contributed by atoms with Crippen molar-refractivity contribution in [1.29, 1.82) is 0 Å². The van der Waals surface area contributed by atoms with Gasteiger partial charge in [0.25, 0.3) is 0 Å². The zero-order valence-corrected chi connectivity index (χ0v) is 20.8. The van der Waals surface area contributed by atoms with E-state index in [4.69, 9.17) is 9.47 Å². The minimum Gasteiger partial charge on any atom is -0.504 e. The number of ketones is 1. The molecule has 184 valence electrons. The summed E-state index contributed by atoms with van der Waals surface area (Å²) in [5, 5.41) is 9.90. The molecule has 1 saturated heterocycles. The maximum atomic E-state index is 12.6. The van der Waals surface area contributed by atoms with Gasteiger partial charge in [-0.2, -0.15) is 0 Å². The number of allylic oxidation sites excluding steroid dienone is 1. The Morgan fingerprint density at radius 1 is 1.00 bits per heavy atom. The van der Waals surface area contributed by atoms with E-state index in [1.807, 2.05) is 36.4 Å². The van der Waals surface area contributed by atoms with E-state index in [-0.39, 0.29) is 30.4 Å². The number of halogens is 1. The van der Waals surface area contributed by atoms with E-state index in [0.717, 1.165) is 29.0 Å². The van der Waals surface area contributed by atoms with Crippen molar-refractivity contribution in [3.8, 4) is 17.2 Å². The molecule has 0 unspecified atom stereocenters. The normalized spacial score (nSPS) is 13.5. The lowest BCUT2D eigenvalue weighted by molar-refractivity contribution is -0.113. The first-order chi connectivity index (χ1) is 16.6. The summed E-state index contributed by atoms with van der Waals surface area (Å²) in [5.41, 5.74) is 3.97. The highest BCUT2D eigenvalue weighted by Crippen LogP contribution is 2.26. The maximum absolute atomic E-state index is 12.6. The Kier molecular flexibility index (Phi) is 9.76. The fourth-order valence-corrected chi connectivity index (χ4v) is 4.17. The van der Waals surface area contributed by atoms with Gasteiger partial charge in [-0.25, -0.2) is 0 Å². The van der Waals surface area contributed by atoms with Gasteiger partial charge < -0.3 is 14.6 Å². The van der Waals surface area contributed by atoms with Crippen LogP contribution < -0.4 is 9.47 Å². The van der Waals surface area contributed by atoms with Crippen LogP contribution in [0.3, 0.4) is 0 Å². The Labute approximate surface area is 213 Å². The summed E-state index contributed by atoms with van der Waals surface area (Å²) in [6.07, 6.45) is 6.11. The number of nitrogens with zero attached hydrogens (tertiary/aromatic N) is 1. The first-order valence-corrected chi connectivity index (χ1v) is 11.7. The molecule has 6 heteroatoms. The predicted molar refractivity (Wildman–Crippen MR) is 141 cm³/mol. The van der Waals surface area contributed by atoms with Crippen LogP contribution in [0, 0.1) is 0 Å². The Balaban J connectivity index is 0.00000342. The van der Waals surface area contributed by atoms with Gasteiger partial charge in [0.2, 0.25) is 0 Å². The summed E-state index contributed by atoms with van der Waals surface area (Å²) in [4.78, 5) is 15.1. The quantitative estimate of drug-likeness (QED) is 0.360. The standard InChI is InChI=1S/C29H31NO4.ClH/c1-33-29-15-11-22(18-28(29)32)8-12-26(31)19-24-6-2-3-7-25(24)21-34-27-13-9-23(10-14-27)20-30-16-4-5-17-30;/h2-3,6-15,18,32H,4-5,16-17,19-21H2,1H3;1H/b12-8+;. The molecule has 0 spiro atoms. The lowest BCUT2D eigenvalue weighted by atomic mass is 10.0. The van der Waals surface area contributed by atoms with Crippen molar-refractivity contribution in [2.45, 2.75) is 32.4 Å². The van der Waals surface area contributed by atoms with Crippen molar-refractivity contribution in [3.63, 3.8) is 0 Å². The first kappa shape index (κ1) is 26.3. The van der Waals surface area contributed by atoms with Crippen LogP contribution in [0.1, 0.15) is 35.1 Å². The molecule has 1 N–H and O–H groups in total. The Morgan fingerprint density at radius 3 is 2.40 bits per heavy atom. The number of likely N-dealkylation sites (tertiary alicyclic amines) is 1. The zero-order chi connectivity index (χ0) is 23.8. The number of ether oxygens (including phenoxy) is 2. The summed E-state index contributed by atoms with van der Waals surface area (Å²) in [6, 6.07) is 21.2. The number of phenolic OH excluding ortho intramolecular Hbond substituents is 1. The van der Waals surface area contributed by atoms with Gasteiger partial charge in [-0.3, -0.25) is 9.69 Å². The number of carbonyl (C=O) groups is 1. The van der Waals surface area contributed by atoms with E-state index >= 15 is 0 Å². The lowest BCUT2D eigenvalue weighted by Crippen LogP contribution is -2.18. The second-order valence-corrected chi connectivity index (χ2v) is 8.59. The molecule has 0 amide bonds. The molecule has 1 fully saturated rings. The summed E-state index contributed by atoms with van der Waals surface area (Å²) in [6.45, 7) is 3.77. The number of benzene rings is 3. The Hall–Kier alpha value is -3.28. The molecule has 4 rings (SSSR count). The monoisotopic (exact) mass is 493 g/mol. The molecule has 5 nitrogen and oxygen atoms in total. The lowest BCUT2D eigenvalue weighted by Gasteiger charge is -2.15. The molecule has 3 aromatic rings. The van der Waals surface area contributed by atoms with Crippen molar-refractivity contribution in [2.75, 3.05) is 20.2 Å². The fraction of sp³-hybridized carbons (Fsp3) is 0.276. The van der Waals surface area contributed by atoms with Crippen LogP contribution in [0.15, 0.2) is 72.8 Å². The number of hydrogen-bond donors (Lipinski definition) is 1. The van der Waals surface area contributed by atoms with Gasteiger partial charge in [-0.1, -0.05) is 48.5 Å². The SMILES string of the molecule is COc1ccc(/C=C/C(=O)Cc2ccccc2COc2ccc(CN3CCCC3)cc2)cc1O.Cl. The second-order valence-electron chi connectivity index (χ2n) is 8.59. The van der Waals surface area contributed by atoms with Crippen LogP contribution in [0.25, 0.3) is 6.08 Å². The largest absolute Gasteiger partial charge is 0.504 e. The summed E-state index contributed by atoms with van der Waals surface area (Å²) in [7, 11) is 1.50. The molecular weight excluding hydrogens is 462 g/mol. The third kappa shape index (κ3) is 7.61. The third-order valence-electron chi connectivity index (χ3n) is 6.07. The van der Waals surface area contributed by atoms with Gasteiger partial charge in [0.1, 0.15) is 12.4 Å². The van der Waals surface area contributed by atoms with Gasteiger partial charge >= 0.3 is 0 Å². The molecule has 1 aliphatic heterocycles. The van der Waals surface area contributed by atoms with Crippen molar-refractivity contribution in [3.05, 3.63) is 95.1 Å². The molecule has 1 heterocycles. The topological polar surface area (TPSA) is 59.0 Å². The number of carbonyl (C=O) groups excluding carboxylic acids is 1. The third-order valence-corrected chi connectivity index (χ3v) is 6.07. The highest BCUT2D eigenvalue weighted by atomic mass is 35.5. The van der Waals surface area contributed by atoms with E-state index in [9.17, 15) is 9.90 Å². The summed E-state index contributed by atoms with van der Waals surface area (Å²) >= 11 is 0. The number of methoxy groups -OCH3 is 1. The molecule has 0 saturated carbocycles. The van der Waals surface area contributed by atoms with Gasteiger partial charge in [0.15, 0.2) is 17.3 Å². The van der Waals surface area contributed by atoms with E-state index < -0.39 is 0 Å². The van der Waals surface area contributed by atoms with E-state index in [1.165, 1.54) is 44.7 Å². The number of phenols is 1. The minimum atomic E-state index is -0.0194. The molecule has 35 heavy (non-hydrogen) atoms. The van der Waals surface area contributed by atoms with Crippen LogP contribution >= 0.6 is 12.4 Å². The van der Waals surface area contributed by atoms with Crippen molar-refractivity contribution < 1.29 is 19.4 Å². The molecule has 0 aliphatic carbocycles. The predicted octanol–water partition coefficient (Wildman–Crippen LogP) is 5.82. The molecular formula is C29H32ClNO4. The van der Waals surface area contributed by atoms with Crippen molar-refractivity contribution in [2.24, 2.45) is 0 Å². The summed E-state index contributed by atoms with van der Waals surface area (Å²) < 4.78 is 11.1. The number of rotatable bonds is 10. The first-order valence-electron chi connectivity index (χ1n) is 11.7. The molecule has 0 bridgehead atoms. The van der Waals surface area contributed by atoms with Crippen molar-refractivity contribution >= 4 is 24.3 Å². The zero-order valence-electron chi connectivity index (χ0n) is 20.0. The smallest absolute Gasteiger partial charge is 0.160 e. The Morgan fingerprint density at radius 2 is 1.71 bits per heavy atom. The van der Waals surface area contributed by atoms with Crippen molar-refractivity contribution in [1.82, 2.24) is 4.90 Å². The van der Waals surface area contributed by atoms with Gasteiger partial charge in [0.05, 0.1) is 7.11 Å². The van der Waals surface area contributed by atoms with Crippen LogP contribution in [0.5, 0.6) is 17.2 Å². The molecule has 3 aromatic carbocycles. The maximum Gasteiger partial charge on any atom is 0.160 e. The minimum absolute atomic E-state index is 0. The van der Waals surface area contributed by atoms with Crippen LogP contribution in [-0.4, -0.2) is 36.0 Å². The second kappa shape index (κ2) is 13.0. The van der Waals surface area contributed by atoms with Gasteiger partial charge in [0, 0.05) is 13.0 Å². The average Bonchev–Trinajstić information content (AvgIpc) is 3.36. The number of aromatic hydroxyl groups is 1. The van der Waals surface area contributed by atoms with E-state index in [2.05, 4.69) is 17.0 Å². The van der Waals surface area contributed by atoms with Crippen LogP contribution in [-0.2, 0) is 24.4 Å². The molecule has 0 atom stereocenters. The average molecular weight is 494 g/mol. The Bertz CT molecular complexity index is 1140. The van der Waals surface area contributed by atoms with Crippen LogP contribution in [0.2, 0.25) is 0 Å². The summed E-state index contributed by atoms with van der Waals surface area (Å²) in [5.74, 6) is 1.25. The molecule has 1 aliphatic rings. The number of hydrogen-bond acceptors (Lipinski definition) is 5.